The van der Waals surface area contributed by atoms with Crippen molar-refractivity contribution in [3.8, 4) is 29.4 Å². The van der Waals surface area contributed by atoms with Crippen LogP contribution in [0.15, 0.2) is 66.7 Å². The van der Waals surface area contributed by atoms with E-state index in [0.717, 1.165) is 16.8 Å². The molecule has 0 saturated carbocycles. The Morgan fingerprint density at radius 3 is 2.13 bits per heavy atom. The molecule has 0 aliphatic carbocycles. The lowest BCUT2D eigenvalue weighted by Crippen LogP contribution is -2.44. The van der Waals surface area contributed by atoms with Crippen LogP contribution in [-0.4, -0.2) is 39.2 Å². The Kier molecular flexibility index (Phi) is 6.30. The molecule has 3 aromatic rings. The van der Waals surface area contributed by atoms with Crippen LogP contribution in [0.5, 0.6) is 17.2 Å². The highest BCUT2D eigenvalue weighted by Gasteiger charge is 2.63. The third-order valence-corrected chi connectivity index (χ3v) is 7.57. The van der Waals surface area contributed by atoms with E-state index in [1.165, 1.54) is 21.3 Å². The number of para-hydroxylation sites is 1. The number of hydrogen-bond acceptors (Lipinski definition) is 7. The number of carbonyl (C=O) groups excluding carboxylic acids is 1. The Bertz CT molecular complexity index is 1470. The maximum absolute atomic E-state index is 14.4. The smallest absolute Gasteiger partial charge is 0.203 e. The number of ether oxygens (including phenoxy) is 3. The van der Waals surface area contributed by atoms with Crippen molar-refractivity contribution in [2.75, 3.05) is 26.2 Å². The molecule has 3 atom stereocenters. The fourth-order valence-electron chi connectivity index (χ4n) is 5.78. The van der Waals surface area contributed by atoms with Gasteiger partial charge in [-0.3, -0.25) is 4.79 Å². The monoisotopic (exact) mass is 505 g/mol. The van der Waals surface area contributed by atoms with Crippen molar-refractivity contribution >= 4 is 17.5 Å². The van der Waals surface area contributed by atoms with Gasteiger partial charge >= 0.3 is 0 Å². The van der Waals surface area contributed by atoms with Crippen LogP contribution in [-0.2, 0) is 0 Å². The Hall–Kier alpha value is -4.75. The highest BCUT2D eigenvalue weighted by molar-refractivity contribution is 6.04. The van der Waals surface area contributed by atoms with Gasteiger partial charge in [0.2, 0.25) is 5.75 Å². The molecule has 3 aromatic carbocycles. The molecule has 38 heavy (non-hydrogen) atoms. The third-order valence-electron chi connectivity index (χ3n) is 7.57. The van der Waals surface area contributed by atoms with Gasteiger partial charge in [-0.1, -0.05) is 60.2 Å². The van der Waals surface area contributed by atoms with Crippen LogP contribution in [0.3, 0.4) is 0 Å². The minimum absolute atomic E-state index is 0.175. The number of benzene rings is 3. The summed E-state index contributed by atoms with van der Waals surface area (Å²) in [5.74, 6) is 0.149. The van der Waals surface area contributed by atoms with Crippen molar-refractivity contribution in [2.45, 2.75) is 24.9 Å². The molecule has 190 valence electrons. The lowest BCUT2D eigenvalue weighted by Gasteiger charge is -2.35. The molecule has 1 fully saturated rings. The van der Waals surface area contributed by atoms with E-state index >= 15 is 0 Å². The molecule has 2 aliphatic heterocycles. The summed E-state index contributed by atoms with van der Waals surface area (Å²) in [7, 11) is 4.53. The molecule has 0 amide bonds. The number of fused-ring (bicyclic) bond motifs is 3. The Balaban J connectivity index is 1.81. The summed E-state index contributed by atoms with van der Waals surface area (Å²) in [6, 6.07) is 21.7. The van der Waals surface area contributed by atoms with Crippen LogP contribution in [0.1, 0.15) is 33.0 Å². The average Bonchev–Trinajstić information content (AvgIpc) is 3.27. The number of carbonyl (C=O) groups is 1. The van der Waals surface area contributed by atoms with E-state index in [0.29, 0.717) is 28.4 Å². The fourth-order valence-corrected chi connectivity index (χ4v) is 5.78. The molecule has 7 heteroatoms. The van der Waals surface area contributed by atoms with Crippen molar-refractivity contribution in [1.82, 2.24) is 0 Å². The predicted molar refractivity (Wildman–Crippen MR) is 144 cm³/mol. The largest absolute Gasteiger partial charge is 0.493 e. The van der Waals surface area contributed by atoms with Gasteiger partial charge < -0.3 is 19.1 Å². The summed E-state index contributed by atoms with van der Waals surface area (Å²) in [6.45, 7) is 1.96. The first kappa shape index (κ1) is 24.9. The summed E-state index contributed by atoms with van der Waals surface area (Å²) in [6.07, 6.45) is 3.78. The molecule has 2 heterocycles. The van der Waals surface area contributed by atoms with Gasteiger partial charge in [0.1, 0.15) is 6.04 Å². The van der Waals surface area contributed by atoms with Crippen LogP contribution in [0.4, 0.5) is 5.69 Å². The predicted octanol–water partition coefficient (Wildman–Crippen LogP) is 5.31. The second kappa shape index (κ2) is 9.61. The molecule has 0 N–H and O–H groups in total. The van der Waals surface area contributed by atoms with Crippen molar-refractivity contribution in [3.05, 3.63) is 89.0 Å². The van der Waals surface area contributed by atoms with Crippen LogP contribution in [0.2, 0.25) is 0 Å². The lowest BCUT2D eigenvalue weighted by atomic mass is 9.69. The molecule has 0 bridgehead atoms. The molecule has 0 aromatic heterocycles. The van der Waals surface area contributed by atoms with Crippen molar-refractivity contribution in [3.63, 3.8) is 0 Å². The van der Waals surface area contributed by atoms with E-state index in [2.05, 4.69) is 12.1 Å². The summed E-state index contributed by atoms with van der Waals surface area (Å²) >= 11 is 0. The van der Waals surface area contributed by atoms with Crippen LogP contribution in [0, 0.1) is 35.0 Å². The summed E-state index contributed by atoms with van der Waals surface area (Å²) in [5.41, 5.74) is 2.25. The normalized spacial score (nSPS) is 20.5. The average molecular weight is 506 g/mol. The van der Waals surface area contributed by atoms with Crippen molar-refractivity contribution < 1.29 is 19.0 Å². The first-order chi connectivity index (χ1) is 18.4. The van der Waals surface area contributed by atoms with Crippen LogP contribution < -0.4 is 19.1 Å². The van der Waals surface area contributed by atoms with Gasteiger partial charge in [0.15, 0.2) is 22.7 Å². The number of Topliss-reactive ketones (excluding diaryl/α,β-unsaturated/α-hetero) is 1. The summed E-state index contributed by atoms with van der Waals surface area (Å²) < 4.78 is 16.7. The molecule has 0 unspecified atom stereocenters. The topological polar surface area (TPSA) is 95.6 Å². The summed E-state index contributed by atoms with van der Waals surface area (Å²) in [5, 5.41) is 21.3. The summed E-state index contributed by atoms with van der Waals surface area (Å²) in [4.78, 5) is 16.3. The van der Waals surface area contributed by atoms with Gasteiger partial charge in [0.25, 0.3) is 0 Å². The molecular formula is C31H27N3O4. The molecule has 5 rings (SSSR count). The fraction of sp³-hybridized carbons (Fsp3) is 0.258. The van der Waals surface area contributed by atoms with Crippen LogP contribution >= 0.6 is 0 Å². The maximum atomic E-state index is 14.4. The van der Waals surface area contributed by atoms with E-state index < -0.39 is 23.4 Å². The molecule has 0 radical (unpaired) electrons. The number of nitrogens with zero attached hydrogens (tertiary/aromatic N) is 3. The van der Waals surface area contributed by atoms with E-state index in [-0.39, 0.29) is 5.78 Å². The van der Waals surface area contributed by atoms with Gasteiger partial charge in [-0.25, -0.2) is 0 Å². The minimum atomic E-state index is -1.58. The van der Waals surface area contributed by atoms with Gasteiger partial charge in [-0.15, -0.1) is 0 Å². The van der Waals surface area contributed by atoms with Crippen molar-refractivity contribution in [2.24, 2.45) is 5.41 Å². The molecule has 2 aliphatic rings. The highest BCUT2D eigenvalue weighted by Crippen LogP contribution is 2.57. The first-order valence-electron chi connectivity index (χ1n) is 12.2. The zero-order valence-corrected chi connectivity index (χ0v) is 21.6. The quantitative estimate of drug-likeness (QED) is 0.419. The lowest BCUT2D eigenvalue weighted by molar-refractivity contribution is 0.0950. The highest BCUT2D eigenvalue weighted by atomic mass is 16.5. The number of rotatable bonds is 6. The second-order valence-corrected chi connectivity index (χ2v) is 9.47. The zero-order valence-electron chi connectivity index (χ0n) is 21.6. The third kappa shape index (κ3) is 3.59. The number of aryl methyl sites for hydroxylation is 1. The first-order valence-corrected chi connectivity index (χ1v) is 12.2. The van der Waals surface area contributed by atoms with Crippen molar-refractivity contribution in [1.29, 1.82) is 10.5 Å². The standard InChI is InChI=1S/C31H27N3O4/c1-19-9-11-21(12-10-19)29(35)28-27(22-15-24(36-2)30(38-4)25(16-22)37-3)31(17-32,18-33)26-14-13-20-7-5-6-8-23(20)34(26)28/h5-16,26-28H,1-4H3/t26-,27-,28+/m1/s1. The Morgan fingerprint density at radius 1 is 0.921 bits per heavy atom. The number of ketones is 1. The molecule has 0 spiro atoms. The van der Waals surface area contributed by atoms with Crippen LogP contribution in [0.25, 0.3) is 6.08 Å². The van der Waals surface area contributed by atoms with E-state index in [9.17, 15) is 15.3 Å². The molecule has 1 saturated heterocycles. The van der Waals surface area contributed by atoms with E-state index in [4.69, 9.17) is 14.2 Å². The number of methoxy groups -OCH3 is 3. The molecular weight excluding hydrogens is 478 g/mol. The van der Waals surface area contributed by atoms with Gasteiger partial charge in [0.05, 0.1) is 39.5 Å². The number of anilines is 1. The number of hydrogen-bond donors (Lipinski definition) is 0. The van der Waals surface area contributed by atoms with E-state index in [1.54, 1.807) is 24.3 Å². The van der Waals surface area contributed by atoms with Gasteiger partial charge in [-0.05, 0) is 36.2 Å². The SMILES string of the molecule is COc1cc([C@@H]2[C@@H](C(=O)c3ccc(C)cc3)N3c4ccccc4C=C[C@@H]3C2(C#N)C#N)cc(OC)c1OC. The van der Waals surface area contributed by atoms with Gasteiger partial charge in [0, 0.05) is 17.2 Å². The Labute approximate surface area is 222 Å². The maximum Gasteiger partial charge on any atom is 0.203 e. The molecule has 7 nitrogen and oxygen atoms in total. The van der Waals surface area contributed by atoms with E-state index in [1.807, 2.05) is 60.4 Å². The Morgan fingerprint density at radius 2 is 1.55 bits per heavy atom. The second-order valence-electron chi connectivity index (χ2n) is 9.47. The number of nitriles is 2. The van der Waals surface area contributed by atoms with Gasteiger partial charge in [-0.2, -0.15) is 10.5 Å². The zero-order chi connectivity index (χ0) is 27.0. The minimum Gasteiger partial charge on any atom is -0.493 e.